The van der Waals surface area contributed by atoms with Crippen LogP contribution in [-0.2, 0) is 12.5 Å². The lowest BCUT2D eigenvalue weighted by molar-refractivity contribution is 0.306. The summed E-state index contributed by atoms with van der Waals surface area (Å²) in [4.78, 5) is 0. The number of halogens is 3. The van der Waals surface area contributed by atoms with E-state index in [1.165, 1.54) is 0 Å². The van der Waals surface area contributed by atoms with E-state index in [9.17, 15) is 0 Å². The summed E-state index contributed by atoms with van der Waals surface area (Å²) in [5.41, 5.74) is 2.24. The van der Waals surface area contributed by atoms with Gasteiger partial charge in [0.1, 0.15) is 12.4 Å². The van der Waals surface area contributed by atoms with Gasteiger partial charge in [0.2, 0.25) is 0 Å². The molecular weight excluding hydrogens is 317 g/mol. The van der Waals surface area contributed by atoms with Crippen LogP contribution in [0, 0.1) is 11.3 Å². The summed E-state index contributed by atoms with van der Waals surface area (Å²) in [7, 11) is 0. The van der Waals surface area contributed by atoms with Crippen LogP contribution >= 0.6 is 34.8 Å². The van der Waals surface area contributed by atoms with Crippen molar-refractivity contribution in [2.24, 2.45) is 0 Å². The summed E-state index contributed by atoms with van der Waals surface area (Å²) < 4.78 is 5.63. The van der Waals surface area contributed by atoms with Crippen molar-refractivity contribution in [3.05, 3.63) is 63.1 Å². The Hall–Kier alpha value is -1.40. The summed E-state index contributed by atoms with van der Waals surface area (Å²) in [5, 5.41) is 9.78. The molecule has 0 saturated carbocycles. The number of alkyl halides is 1. The van der Waals surface area contributed by atoms with Crippen molar-refractivity contribution in [3.8, 4) is 11.8 Å². The smallest absolute Gasteiger partial charge is 0.138 e. The number of benzene rings is 2. The first-order valence-corrected chi connectivity index (χ1v) is 7.09. The number of ether oxygens (including phenoxy) is 1. The highest BCUT2D eigenvalue weighted by Gasteiger charge is 2.06. The fourth-order valence-corrected chi connectivity index (χ4v) is 2.29. The van der Waals surface area contributed by atoms with Crippen LogP contribution in [-0.4, -0.2) is 0 Å². The number of hydrogen-bond donors (Lipinski definition) is 0. The Labute approximate surface area is 132 Å². The SMILES string of the molecule is N#Cc1ccc(COc2ccc(CCl)cc2Cl)c(Cl)c1. The van der Waals surface area contributed by atoms with Gasteiger partial charge >= 0.3 is 0 Å². The van der Waals surface area contributed by atoms with Gasteiger partial charge in [0.05, 0.1) is 16.7 Å². The van der Waals surface area contributed by atoms with Gasteiger partial charge in [-0.3, -0.25) is 0 Å². The van der Waals surface area contributed by atoms with Gasteiger partial charge in [0.15, 0.2) is 0 Å². The Kier molecular flexibility index (Phi) is 5.14. The highest BCUT2D eigenvalue weighted by atomic mass is 35.5. The van der Waals surface area contributed by atoms with Crippen LogP contribution < -0.4 is 4.74 Å². The summed E-state index contributed by atoms with van der Waals surface area (Å²) in [5.74, 6) is 0.975. The van der Waals surface area contributed by atoms with Crippen LogP contribution in [0.4, 0.5) is 0 Å². The van der Waals surface area contributed by atoms with Crippen LogP contribution in [0.3, 0.4) is 0 Å². The fourth-order valence-electron chi connectivity index (χ4n) is 1.63. The molecule has 0 aliphatic heterocycles. The second-order valence-electron chi connectivity index (χ2n) is 4.11. The molecule has 0 amide bonds. The predicted molar refractivity (Wildman–Crippen MR) is 81.5 cm³/mol. The van der Waals surface area contributed by atoms with Gasteiger partial charge in [-0.15, -0.1) is 11.6 Å². The van der Waals surface area contributed by atoms with Gasteiger partial charge in [-0.1, -0.05) is 35.3 Å². The van der Waals surface area contributed by atoms with E-state index in [-0.39, 0.29) is 6.61 Å². The number of nitriles is 1. The average Bonchev–Trinajstić information content (AvgIpc) is 2.46. The minimum Gasteiger partial charge on any atom is -0.487 e. The first-order chi connectivity index (χ1) is 9.63. The topological polar surface area (TPSA) is 33.0 Å². The molecule has 0 aliphatic rings. The minimum atomic E-state index is 0.282. The number of nitrogens with zero attached hydrogens (tertiary/aromatic N) is 1. The van der Waals surface area contributed by atoms with Crippen molar-refractivity contribution in [1.82, 2.24) is 0 Å². The predicted octanol–water partition coefficient (Wildman–Crippen LogP) is 5.18. The Morgan fingerprint density at radius 3 is 2.45 bits per heavy atom. The molecule has 0 N–H and O–H groups in total. The summed E-state index contributed by atoms with van der Waals surface area (Å²) in [6.07, 6.45) is 0. The molecular formula is C15H10Cl3NO. The van der Waals surface area contributed by atoms with Crippen molar-refractivity contribution in [2.75, 3.05) is 0 Å². The van der Waals surface area contributed by atoms with Crippen molar-refractivity contribution >= 4 is 34.8 Å². The molecule has 0 heterocycles. The monoisotopic (exact) mass is 325 g/mol. The van der Waals surface area contributed by atoms with Crippen LogP contribution in [0.5, 0.6) is 5.75 Å². The molecule has 0 radical (unpaired) electrons. The van der Waals surface area contributed by atoms with Gasteiger partial charge in [0, 0.05) is 16.5 Å². The summed E-state index contributed by atoms with van der Waals surface area (Å²) >= 11 is 17.9. The van der Waals surface area contributed by atoms with Gasteiger partial charge in [-0.25, -0.2) is 0 Å². The zero-order valence-electron chi connectivity index (χ0n) is 10.4. The van der Waals surface area contributed by atoms with E-state index in [2.05, 4.69) is 0 Å². The zero-order chi connectivity index (χ0) is 14.5. The molecule has 2 aromatic carbocycles. The van der Waals surface area contributed by atoms with E-state index in [1.807, 2.05) is 12.1 Å². The van der Waals surface area contributed by atoms with Gasteiger partial charge in [-0.05, 0) is 29.8 Å². The van der Waals surface area contributed by atoms with Crippen molar-refractivity contribution in [1.29, 1.82) is 5.26 Å². The standard InChI is InChI=1S/C15H10Cl3NO/c16-7-10-2-4-15(14(18)5-10)20-9-12-3-1-11(8-19)6-13(12)17/h1-6H,7,9H2. The highest BCUT2D eigenvalue weighted by molar-refractivity contribution is 6.32. The maximum atomic E-state index is 8.78. The molecule has 0 aliphatic carbocycles. The minimum absolute atomic E-state index is 0.282. The lowest BCUT2D eigenvalue weighted by Gasteiger charge is -2.10. The third kappa shape index (κ3) is 3.58. The first kappa shape index (κ1) is 15.0. The Morgan fingerprint density at radius 1 is 1.05 bits per heavy atom. The Bertz CT molecular complexity index is 665. The van der Waals surface area contributed by atoms with Gasteiger partial charge < -0.3 is 4.74 Å². The molecule has 20 heavy (non-hydrogen) atoms. The molecule has 2 nitrogen and oxygen atoms in total. The van der Waals surface area contributed by atoms with Crippen LogP contribution in [0.1, 0.15) is 16.7 Å². The molecule has 2 rings (SSSR count). The molecule has 2 aromatic rings. The van der Waals surface area contributed by atoms with E-state index in [1.54, 1.807) is 30.3 Å². The third-order valence-electron chi connectivity index (χ3n) is 2.72. The molecule has 0 spiro atoms. The van der Waals surface area contributed by atoms with Gasteiger partial charge in [0.25, 0.3) is 0 Å². The summed E-state index contributed by atoms with van der Waals surface area (Å²) in [6, 6.07) is 12.5. The lowest BCUT2D eigenvalue weighted by atomic mass is 10.1. The zero-order valence-corrected chi connectivity index (χ0v) is 12.6. The van der Waals surface area contributed by atoms with Crippen LogP contribution in [0.2, 0.25) is 10.0 Å². The van der Waals surface area contributed by atoms with E-state index in [0.29, 0.717) is 27.2 Å². The average molecular weight is 327 g/mol. The maximum absolute atomic E-state index is 8.78. The number of rotatable bonds is 4. The molecule has 0 aromatic heterocycles. The molecule has 0 fully saturated rings. The first-order valence-electron chi connectivity index (χ1n) is 5.79. The molecule has 0 atom stereocenters. The third-order valence-corrected chi connectivity index (χ3v) is 3.67. The summed E-state index contributed by atoms with van der Waals surface area (Å²) in [6.45, 7) is 0.282. The highest BCUT2D eigenvalue weighted by Crippen LogP contribution is 2.28. The van der Waals surface area contributed by atoms with Crippen LogP contribution in [0.15, 0.2) is 36.4 Å². The Balaban J connectivity index is 2.11. The van der Waals surface area contributed by atoms with E-state index in [0.717, 1.165) is 11.1 Å². The molecule has 5 heteroatoms. The lowest BCUT2D eigenvalue weighted by Crippen LogP contribution is -1.97. The molecule has 0 bridgehead atoms. The van der Waals surface area contributed by atoms with E-state index < -0.39 is 0 Å². The second kappa shape index (κ2) is 6.85. The fraction of sp³-hybridized carbons (Fsp3) is 0.133. The maximum Gasteiger partial charge on any atom is 0.138 e. The van der Waals surface area contributed by atoms with E-state index >= 15 is 0 Å². The largest absolute Gasteiger partial charge is 0.487 e. The Morgan fingerprint density at radius 2 is 1.85 bits per heavy atom. The quantitative estimate of drug-likeness (QED) is 0.725. The van der Waals surface area contributed by atoms with Crippen LogP contribution in [0.25, 0.3) is 0 Å². The second-order valence-corrected chi connectivity index (χ2v) is 5.19. The van der Waals surface area contributed by atoms with Crippen molar-refractivity contribution < 1.29 is 4.74 Å². The molecule has 0 unspecified atom stereocenters. The number of hydrogen-bond acceptors (Lipinski definition) is 2. The molecule has 102 valence electrons. The van der Waals surface area contributed by atoms with E-state index in [4.69, 9.17) is 44.8 Å². The van der Waals surface area contributed by atoms with Gasteiger partial charge in [-0.2, -0.15) is 5.26 Å². The van der Waals surface area contributed by atoms with Crippen molar-refractivity contribution in [3.63, 3.8) is 0 Å². The normalized spacial score (nSPS) is 10.1. The molecule has 0 saturated heterocycles. The van der Waals surface area contributed by atoms with Crippen molar-refractivity contribution in [2.45, 2.75) is 12.5 Å².